The first kappa shape index (κ1) is 33.7. The van der Waals surface area contributed by atoms with E-state index in [1.165, 1.54) is 24.5 Å². The van der Waals surface area contributed by atoms with Crippen molar-refractivity contribution >= 4 is 41.1 Å². The summed E-state index contributed by atoms with van der Waals surface area (Å²) in [5, 5.41) is 21.6. The highest BCUT2D eigenvalue weighted by molar-refractivity contribution is 6.31. The largest absolute Gasteiger partial charge is 0.466 e. The Kier molecular flexibility index (Phi) is 14.6. The number of hydrogen-bond donors (Lipinski definition) is 0. The molecule has 0 amide bonds. The fourth-order valence-corrected chi connectivity index (χ4v) is 3.32. The molecular formula is C23H27ClN4O10. The molecule has 1 unspecified atom stereocenters. The first-order valence-corrected chi connectivity index (χ1v) is 11.4. The van der Waals surface area contributed by atoms with Gasteiger partial charge in [-0.3, -0.25) is 34.8 Å². The number of halogens is 1. The molecule has 0 saturated heterocycles. The molecule has 0 aromatic carbocycles. The second-order valence-corrected chi connectivity index (χ2v) is 7.80. The monoisotopic (exact) mass is 554 g/mol. The van der Waals surface area contributed by atoms with Gasteiger partial charge in [-0.05, 0) is 45.2 Å². The van der Waals surface area contributed by atoms with Crippen molar-refractivity contribution in [3.8, 4) is 0 Å². The van der Waals surface area contributed by atoms with Crippen molar-refractivity contribution in [3.05, 3.63) is 66.7 Å². The lowest BCUT2D eigenvalue weighted by molar-refractivity contribution is -0.386. The maximum Gasteiger partial charge on any atom is 0.373 e. The Morgan fingerprint density at radius 2 is 1.42 bits per heavy atom. The summed E-state index contributed by atoms with van der Waals surface area (Å²) in [6, 6.07) is 2.71. The van der Waals surface area contributed by atoms with E-state index in [0.717, 1.165) is 5.56 Å². The molecule has 0 aliphatic rings. The van der Waals surface area contributed by atoms with E-state index in [2.05, 4.69) is 9.97 Å². The van der Waals surface area contributed by atoms with Crippen molar-refractivity contribution in [1.29, 1.82) is 0 Å². The number of carbonyl (C=O) groups is 2. The van der Waals surface area contributed by atoms with Gasteiger partial charge in [-0.15, -0.1) is 0 Å². The predicted octanol–water partition coefficient (Wildman–Crippen LogP) is 3.83. The van der Waals surface area contributed by atoms with Gasteiger partial charge in [0.05, 0.1) is 29.5 Å². The zero-order chi connectivity index (χ0) is 29.5. The SMILES string of the molecule is CCOC(=O)CC(CC)(C(=O)OCC)c1ncc(C)cc1[N+](=O)[O-].Cc1cnc(Cl)c([N+](=O)[O-])c1.O=C=O. The smallest absolute Gasteiger partial charge is 0.373 e. The normalized spacial score (nSPS) is 11.2. The molecule has 0 aliphatic carbocycles. The molecule has 0 aliphatic heterocycles. The minimum Gasteiger partial charge on any atom is -0.466 e. The number of ether oxygens (including phenoxy) is 2. The van der Waals surface area contributed by atoms with Crippen molar-refractivity contribution in [1.82, 2.24) is 9.97 Å². The Hall–Kier alpha value is -4.29. The van der Waals surface area contributed by atoms with E-state index in [1.807, 2.05) is 0 Å². The van der Waals surface area contributed by atoms with Gasteiger partial charge in [-0.1, -0.05) is 18.5 Å². The molecular weight excluding hydrogens is 528 g/mol. The van der Waals surface area contributed by atoms with Gasteiger partial charge in [0, 0.05) is 24.5 Å². The van der Waals surface area contributed by atoms with Crippen molar-refractivity contribution in [2.75, 3.05) is 13.2 Å². The maximum absolute atomic E-state index is 12.6. The lowest BCUT2D eigenvalue weighted by Crippen LogP contribution is -2.41. The fourth-order valence-electron chi connectivity index (χ4n) is 3.14. The zero-order valence-electron chi connectivity index (χ0n) is 21.4. The van der Waals surface area contributed by atoms with Crippen LogP contribution in [0.1, 0.15) is 50.4 Å². The third kappa shape index (κ3) is 9.64. The minimum atomic E-state index is -1.56. The van der Waals surface area contributed by atoms with Crippen LogP contribution >= 0.6 is 11.6 Å². The predicted molar refractivity (Wildman–Crippen MR) is 131 cm³/mol. The highest BCUT2D eigenvalue weighted by atomic mass is 35.5. The zero-order valence-corrected chi connectivity index (χ0v) is 22.1. The summed E-state index contributed by atoms with van der Waals surface area (Å²) in [5.74, 6) is -1.36. The number of hydrogen-bond acceptors (Lipinski definition) is 12. The Morgan fingerprint density at radius 1 is 0.947 bits per heavy atom. The number of carbonyl (C=O) groups excluding carboxylic acids is 4. The first-order valence-electron chi connectivity index (χ1n) is 11.0. The molecule has 0 N–H and O–H groups in total. The lowest BCUT2D eigenvalue weighted by Gasteiger charge is -2.28. The highest BCUT2D eigenvalue weighted by Crippen LogP contribution is 2.38. The third-order valence-electron chi connectivity index (χ3n) is 4.83. The molecule has 1 atom stereocenters. The molecule has 2 aromatic rings. The number of nitro groups is 2. The first-order chi connectivity index (χ1) is 17.8. The number of aryl methyl sites for hydroxylation is 2. The second kappa shape index (κ2) is 16.5. The summed E-state index contributed by atoms with van der Waals surface area (Å²) >= 11 is 5.44. The summed E-state index contributed by atoms with van der Waals surface area (Å²) in [7, 11) is 0. The van der Waals surface area contributed by atoms with E-state index < -0.39 is 27.2 Å². The van der Waals surface area contributed by atoms with Crippen LogP contribution in [0.3, 0.4) is 0 Å². The van der Waals surface area contributed by atoms with E-state index >= 15 is 0 Å². The van der Waals surface area contributed by atoms with E-state index in [9.17, 15) is 29.8 Å². The van der Waals surface area contributed by atoms with Gasteiger partial charge >= 0.3 is 23.8 Å². The molecule has 0 spiro atoms. The van der Waals surface area contributed by atoms with E-state index in [4.69, 9.17) is 30.7 Å². The van der Waals surface area contributed by atoms with Gasteiger partial charge < -0.3 is 9.47 Å². The van der Waals surface area contributed by atoms with Gasteiger partial charge in [-0.2, -0.15) is 9.59 Å². The third-order valence-corrected chi connectivity index (χ3v) is 5.12. The Balaban J connectivity index is 0.000000806. The topological polar surface area (TPSA) is 199 Å². The van der Waals surface area contributed by atoms with Crippen molar-refractivity contribution in [3.63, 3.8) is 0 Å². The second-order valence-electron chi connectivity index (χ2n) is 7.44. The van der Waals surface area contributed by atoms with Crippen LogP contribution in [0.4, 0.5) is 11.4 Å². The molecule has 206 valence electrons. The average molecular weight is 555 g/mol. The number of nitrogens with zero attached hydrogens (tertiary/aromatic N) is 4. The summed E-state index contributed by atoms with van der Waals surface area (Å²) in [5.41, 5.74) is -0.789. The van der Waals surface area contributed by atoms with Crippen molar-refractivity contribution in [2.45, 2.75) is 52.9 Å². The van der Waals surface area contributed by atoms with Crippen LogP contribution in [-0.4, -0.2) is 51.1 Å². The van der Waals surface area contributed by atoms with E-state index in [-0.39, 0.29) is 54.4 Å². The highest BCUT2D eigenvalue weighted by Gasteiger charge is 2.48. The molecule has 14 nitrogen and oxygen atoms in total. The maximum atomic E-state index is 12.6. The van der Waals surface area contributed by atoms with Gasteiger partial charge in [0.25, 0.3) is 5.69 Å². The molecule has 0 radical (unpaired) electrons. The Bertz CT molecular complexity index is 1180. The summed E-state index contributed by atoms with van der Waals surface area (Å²) in [6.45, 7) is 8.53. The van der Waals surface area contributed by atoms with Crippen LogP contribution < -0.4 is 0 Å². The standard InChI is InChI=1S/C16H22N2O6.C6H5ClN2O2.CO2/c1-5-16(15(20)24-7-3,9-13(19)23-6-2)14-12(18(21)22)8-11(4)10-17-14;1-4-2-5(9(10)11)6(7)8-3-4;2-1-3/h8,10H,5-7,9H2,1-4H3;2-3H,1H3;. The molecule has 2 aromatic heterocycles. The van der Waals surface area contributed by atoms with Crippen molar-refractivity contribution in [2.24, 2.45) is 0 Å². The summed E-state index contributed by atoms with van der Waals surface area (Å²) < 4.78 is 10.0. The Labute approximate surface area is 222 Å². The van der Waals surface area contributed by atoms with Gasteiger partial charge in [0.1, 0.15) is 11.1 Å². The van der Waals surface area contributed by atoms with E-state index in [0.29, 0.717) is 5.56 Å². The fraction of sp³-hybridized carbons (Fsp3) is 0.435. The molecule has 2 rings (SSSR count). The molecule has 0 saturated carbocycles. The van der Waals surface area contributed by atoms with Crippen LogP contribution in [0.5, 0.6) is 0 Å². The van der Waals surface area contributed by atoms with Gasteiger partial charge in [0.2, 0.25) is 5.15 Å². The molecule has 0 fully saturated rings. The summed E-state index contributed by atoms with van der Waals surface area (Å²) in [4.78, 5) is 69.1. The van der Waals surface area contributed by atoms with E-state index in [1.54, 1.807) is 34.6 Å². The van der Waals surface area contributed by atoms with Crippen LogP contribution in [0, 0.1) is 34.1 Å². The molecule has 38 heavy (non-hydrogen) atoms. The quantitative estimate of drug-likeness (QED) is 0.188. The Morgan fingerprint density at radius 3 is 1.84 bits per heavy atom. The van der Waals surface area contributed by atoms with Crippen molar-refractivity contribution < 1.29 is 38.5 Å². The van der Waals surface area contributed by atoms with Crippen LogP contribution in [0.2, 0.25) is 5.15 Å². The van der Waals surface area contributed by atoms with Crippen LogP contribution in [-0.2, 0) is 34.1 Å². The molecule has 2 heterocycles. The average Bonchev–Trinajstić information content (AvgIpc) is 2.85. The number of aromatic nitrogens is 2. The number of esters is 2. The lowest BCUT2D eigenvalue weighted by atomic mass is 9.77. The van der Waals surface area contributed by atoms with Crippen LogP contribution in [0.15, 0.2) is 24.5 Å². The molecule has 0 bridgehead atoms. The summed E-state index contributed by atoms with van der Waals surface area (Å²) in [6.07, 6.45) is 2.90. The number of rotatable bonds is 9. The minimum absolute atomic E-state index is 0.0689. The number of pyridine rings is 2. The van der Waals surface area contributed by atoms with Crippen LogP contribution in [0.25, 0.3) is 0 Å². The molecule has 15 heteroatoms. The van der Waals surface area contributed by atoms with Gasteiger partial charge in [-0.25, -0.2) is 4.98 Å². The van der Waals surface area contributed by atoms with Gasteiger partial charge in [0.15, 0.2) is 0 Å².